The van der Waals surface area contributed by atoms with E-state index in [1.54, 1.807) is 0 Å². The van der Waals surface area contributed by atoms with E-state index in [2.05, 4.69) is 26.7 Å². The highest BCUT2D eigenvalue weighted by Gasteiger charge is 2.25. The summed E-state index contributed by atoms with van der Waals surface area (Å²) in [5.41, 5.74) is 0.224. The van der Waals surface area contributed by atoms with Crippen LogP contribution in [0.25, 0.3) is 0 Å². The quantitative estimate of drug-likeness (QED) is 0.458. The first kappa shape index (κ1) is 14.6. The molecule has 0 aromatic carbocycles. The Morgan fingerprint density at radius 3 is 1.33 bits per heavy atom. The summed E-state index contributed by atoms with van der Waals surface area (Å²) in [5.74, 6) is 3.12. The van der Waals surface area contributed by atoms with Crippen molar-refractivity contribution in [3.63, 3.8) is 0 Å². The van der Waals surface area contributed by atoms with Gasteiger partial charge in [-0.25, -0.2) is 0 Å². The molecule has 15 heavy (non-hydrogen) atoms. The van der Waals surface area contributed by atoms with Crippen LogP contribution in [-0.2, 0) is 0 Å². The molecule has 0 aliphatic carbocycles. The van der Waals surface area contributed by atoms with E-state index in [0.29, 0.717) is 0 Å². The molecule has 0 unspecified atom stereocenters. The van der Waals surface area contributed by atoms with Crippen molar-refractivity contribution in [3.05, 3.63) is 0 Å². The molecule has 0 heteroatoms. The largest absolute Gasteiger partial charge is 0.120 e. The van der Waals surface area contributed by atoms with Gasteiger partial charge in [0.1, 0.15) is 0 Å². The molecule has 0 saturated carbocycles. The molecule has 0 radical (unpaired) electrons. The van der Waals surface area contributed by atoms with E-state index in [1.165, 1.54) is 57.8 Å². The van der Waals surface area contributed by atoms with Crippen molar-refractivity contribution in [2.24, 2.45) is 5.41 Å². The van der Waals surface area contributed by atoms with Gasteiger partial charge in [-0.3, -0.25) is 0 Å². The van der Waals surface area contributed by atoms with Crippen molar-refractivity contribution in [3.8, 4) is 12.3 Å². The highest BCUT2D eigenvalue weighted by Crippen LogP contribution is 2.35. The SMILES string of the molecule is C#CC(CCCC)(CCCC)CCCC. The second-order valence-electron chi connectivity index (χ2n) is 4.74. The van der Waals surface area contributed by atoms with Crippen LogP contribution in [0.4, 0.5) is 0 Å². The maximum absolute atomic E-state index is 5.78. The Bertz CT molecular complexity index is 151. The Balaban J connectivity index is 4.25. The minimum atomic E-state index is 0.224. The Morgan fingerprint density at radius 2 is 1.13 bits per heavy atom. The van der Waals surface area contributed by atoms with Crippen LogP contribution in [-0.4, -0.2) is 0 Å². The molecular weight excluding hydrogens is 180 g/mol. The maximum atomic E-state index is 5.78. The van der Waals surface area contributed by atoms with Crippen molar-refractivity contribution < 1.29 is 0 Å². The first-order chi connectivity index (χ1) is 7.24. The Kier molecular flexibility index (Phi) is 8.58. The third-order valence-corrected chi connectivity index (χ3v) is 3.33. The van der Waals surface area contributed by atoms with E-state index in [-0.39, 0.29) is 5.41 Å². The molecule has 0 aromatic rings. The lowest BCUT2D eigenvalue weighted by Gasteiger charge is -2.28. The van der Waals surface area contributed by atoms with Crippen LogP contribution in [0.3, 0.4) is 0 Å². The molecule has 0 aliphatic rings. The molecule has 0 amide bonds. The minimum Gasteiger partial charge on any atom is -0.120 e. The highest BCUT2D eigenvalue weighted by molar-refractivity contribution is 5.05. The topological polar surface area (TPSA) is 0 Å². The lowest BCUT2D eigenvalue weighted by molar-refractivity contribution is 0.287. The maximum Gasteiger partial charge on any atom is 0.0312 e. The molecule has 0 nitrogen and oxygen atoms in total. The Labute approximate surface area is 96.8 Å². The van der Waals surface area contributed by atoms with E-state index in [4.69, 9.17) is 6.42 Å². The summed E-state index contributed by atoms with van der Waals surface area (Å²) in [6, 6.07) is 0. The summed E-state index contributed by atoms with van der Waals surface area (Å²) in [5, 5.41) is 0. The van der Waals surface area contributed by atoms with Gasteiger partial charge in [-0.15, -0.1) is 6.42 Å². The Morgan fingerprint density at radius 1 is 0.800 bits per heavy atom. The first-order valence-corrected chi connectivity index (χ1v) is 6.72. The van der Waals surface area contributed by atoms with E-state index in [1.807, 2.05) is 0 Å². The van der Waals surface area contributed by atoms with Gasteiger partial charge in [-0.2, -0.15) is 0 Å². The van der Waals surface area contributed by atoms with Gasteiger partial charge in [-0.05, 0) is 19.3 Å². The lowest BCUT2D eigenvalue weighted by atomic mass is 9.75. The summed E-state index contributed by atoms with van der Waals surface area (Å²) in [4.78, 5) is 0. The van der Waals surface area contributed by atoms with E-state index in [9.17, 15) is 0 Å². The molecule has 0 heterocycles. The second kappa shape index (κ2) is 8.84. The first-order valence-electron chi connectivity index (χ1n) is 6.72. The summed E-state index contributed by atoms with van der Waals surface area (Å²) in [6.07, 6.45) is 17.2. The van der Waals surface area contributed by atoms with Gasteiger partial charge in [0, 0.05) is 5.41 Å². The predicted molar refractivity (Wildman–Crippen MR) is 69.8 cm³/mol. The van der Waals surface area contributed by atoms with Crippen molar-refractivity contribution in [1.29, 1.82) is 0 Å². The van der Waals surface area contributed by atoms with Crippen LogP contribution in [0.2, 0.25) is 0 Å². The zero-order valence-corrected chi connectivity index (χ0v) is 10.9. The predicted octanol–water partition coefficient (Wildman–Crippen LogP) is 5.18. The molecular formula is C15H28. The molecule has 0 aromatic heterocycles. The van der Waals surface area contributed by atoms with Gasteiger partial charge >= 0.3 is 0 Å². The summed E-state index contributed by atoms with van der Waals surface area (Å²) < 4.78 is 0. The molecule has 0 saturated heterocycles. The van der Waals surface area contributed by atoms with Crippen molar-refractivity contribution in [1.82, 2.24) is 0 Å². The van der Waals surface area contributed by atoms with Crippen LogP contribution >= 0.6 is 0 Å². The minimum absolute atomic E-state index is 0.224. The number of unbranched alkanes of at least 4 members (excludes halogenated alkanes) is 3. The van der Waals surface area contributed by atoms with E-state index in [0.717, 1.165) is 0 Å². The van der Waals surface area contributed by atoms with Gasteiger partial charge in [0.2, 0.25) is 0 Å². The zero-order chi connectivity index (χ0) is 11.6. The van der Waals surface area contributed by atoms with Crippen LogP contribution in [0.5, 0.6) is 0 Å². The normalized spacial score (nSPS) is 11.3. The summed E-state index contributed by atoms with van der Waals surface area (Å²) in [7, 11) is 0. The van der Waals surface area contributed by atoms with Crippen LogP contribution in [0.1, 0.15) is 78.6 Å². The van der Waals surface area contributed by atoms with Gasteiger partial charge in [0.15, 0.2) is 0 Å². The van der Waals surface area contributed by atoms with Gasteiger partial charge in [0.05, 0.1) is 0 Å². The van der Waals surface area contributed by atoms with Crippen LogP contribution < -0.4 is 0 Å². The third-order valence-electron chi connectivity index (χ3n) is 3.33. The molecule has 0 bridgehead atoms. The fourth-order valence-corrected chi connectivity index (χ4v) is 2.14. The number of hydrogen-bond donors (Lipinski definition) is 0. The average Bonchev–Trinajstić information content (AvgIpc) is 2.29. The lowest BCUT2D eigenvalue weighted by Crippen LogP contribution is -2.18. The Hall–Kier alpha value is -0.440. The van der Waals surface area contributed by atoms with Crippen molar-refractivity contribution >= 4 is 0 Å². The molecule has 0 rings (SSSR count). The zero-order valence-electron chi connectivity index (χ0n) is 10.9. The highest BCUT2D eigenvalue weighted by atomic mass is 14.3. The third kappa shape index (κ3) is 5.88. The van der Waals surface area contributed by atoms with Crippen LogP contribution in [0.15, 0.2) is 0 Å². The number of hydrogen-bond acceptors (Lipinski definition) is 0. The fraction of sp³-hybridized carbons (Fsp3) is 0.867. The molecule has 0 N–H and O–H groups in total. The van der Waals surface area contributed by atoms with Crippen molar-refractivity contribution in [2.45, 2.75) is 78.6 Å². The van der Waals surface area contributed by atoms with Crippen molar-refractivity contribution in [2.75, 3.05) is 0 Å². The van der Waals surface area contributed by atoms with Gasteiger partial charge in [0.25, 0.3) is 0 Å². The second-order valence-corrected chi connectivity index (χ2v) is 4.74. The molecule has 0 fully saturated rings. The molecule has 0 spiro atoms. The van der Waals surface area contributed by atoms with Gasteiger partial charge < -0.3 is 0 Å². The average molecular weight is 208 g/mol. The molecule has 0 aliphatic heterocycles. The number of rotatable bonds is 9. The van der Waals surface area contributed by atoms with Gasteiger partial charge in [-0.1, -0.05) is 65.2 Å². The van der Waals surface area contributed by atoms with Crippen LogP contribution in [0, 0.1) is 17.8 Å². The number of terminal acetylenes is 1. The molecule has 88 valence electrons. The smallest absolute Gasteiger partial charge is 0.0312 e. The van der Waals surface area contributed by atoms with E-state index < -0.39 is 0 Å². The van der Waals surface area contributed by atoms with E-state index >= 15 is 0 Å². The monoisotopic (exact) mass is 208 g/mol. The fourth-order valence-electron chi connectivity index (χ4n) is 2.14. The summed E-state index contributed by atoms with van der Waals surface area (Å²) in [6.45, 7) is 6.75. The molecule has 0 atom stereocenters. The summed E-state index contributed by atoms with van der Waals surface area (Å²) >= 11 is 0. The standard InChI is InChI=1S/C15H28/c1-5-9-12-15(8-4,13-10-6-2)14-11-7-3/h4H,5-7,9-14H2,1-3H3.